The van der Waals surface area contributed by atoms with Crippen molar-refractivity contribution >= 4 is 23.1 Å². The summed E-state index contributed by atoms with van der Waals surface area (Å²) in [5.74, 6) is 0.620. The van der Waals surface area contributed by atoms with Gasteiger partial charge in [-0.25, -0.2) is 0 Å². The normalized spacial score (nSPS) is 15.7. The van der Waals surface area contributed by atoms with Crippen LogP contribution in [0.3, 0.4) is 0 Å². The van der Waals surface area contributed by atoms with Crippen LogP contribution in [0.1, 0.15) is 40.7 Å². The summed E-state index contributed by atoms with van der Waals surface area (Å²) in [6.07, 6.45) is 2.11. The van der Waals surface area contributed by atoms with E-state index < -0.39 is 4.92 Å². The molecule has 2 aromatic heterocycles. The third-order valence-electron chi connectivity index (χ3n) is 4.42. The predicted molar refractivity (Wildman–Crippen MR) is 91.3 cm³/mol. The summed E-state index contributed by atoms with van der Waals surface area (Å²) < 4.78 is 1.59. The van der Waals surface area contributed by atoms with Gasteiger partial charge in [0.2, 0.25) is 0 Å². The van der Waals surface area contributed by atoms with Crippen LogP contribution in [-0.4, -0.2) is 38.6 Å². The largest absolute Gasteiger partial charge is 0.390 e. The standard InChI is InChI=1S/C16H20N4O3S/c1-11-3-5-18(6-4-11)16(21)14-8-13(10-24-14)9-19-12(2)7-15(17-19)20(22)23/h7-8,10-11H,3-6,9H2,1-2H3. The molecule has 8 heteroatoms. The lowest BCUT2D eigenvalue weighted by molar-refractivity contribution is -0.389. The van der Waals surface area contributed by atoms with Crippen LogP contribution in [0.15, 0.2) is 17.5 Å². The van der Waals surface area contributed by atoms with E-state index >= 15 is 0 Å². The molecule has 1 amide bonds. The maximum absolute atomic E-state index is 12.6. The number of thiophene rings is 1. The van der Waals surface area contributed by atoms with Crippen LogP contribution in [0.2, 0.25) is 0 Å². The first-order chi connectivity index (χ1) is 11.4. The van der Waals surface area contributed by atoms with E-state index in [0.717, 1.165) is 42.1 Å². The van der Waals surface area contributed by atoms with E-state index in [4.69, 9.17) is 0 Å². The molecule has 0 spiro atoms. The molecule has 128 valence electrons. The average Bonchev–Trinajstić information content (AvgIpc) is 3.15. The Morgan fingerprint density at radius 3 is 2.75 bits per heavy atom. The maximum atomic E-state index is 12.6. The van der Waals surface area contributed by atoms with E-state index in [2.05, 4.69) is 12.0 Å². The monoisotopic (exact) mass is 348 g/mol. The highest BCUT2D eigenvalue weighted by Crippen LogP contribution is 2.23. The lowest BCUT2D eigenvalue weighted by Crippen LogP contribution is -2.37. The van der Waals surface area contributed by atoms with Crippen LogP contribution in [0.25, 0.3) is 0 Å². The van der Waals surface area contributed by atoms with Crippen molar-refractivity contribution in [2.45, 2.75) is 33.2 Å². The number of amides is 1. The smallest absolute Gasteiger partial charge is 0.358 e. The number of piperidine rings is 1. The molecule has 0 aromatic carbocycles. The van der Waals surface area contributed by atoms with E-state index in [1.54, 1.807) is 11.6 Å². The van der Waals surface area contributed by atoms with Gasteiger partial charge in [-0.3, -0.25) is 4.79 Å². The van der Waals surface area contributed by atoms with Crippen molar-refractivity contribution in [3.8, 4) is 0 Å². The SMILES string of the molecule is Cc1cc([N+](=O)[O-])nn1Cc1csc(C(=O)N2CCC(C)CC2)c1. The third-order valence-corrected chi connectivity index (χ3v) is 5.39. The van der Waals surface area contributed by atoms with Crippen LogP contribution in [-0.2, 0) is 6.54 Å². The molecule has 7 nitrogen and oxygen atoms in total. The first-order valence-corrected chi connectivity index (χ1v) is 8.87. The molecule has 3 rings (SSSR count). The van der Waals surface area contributed by atoms with Gasteiger partial charge in [0, 0.05) is 13.1 Å². The molecule has 0 bridgehead atoms. The van der Waals surface area contributed by atoms with Crippen molar-refractivity contribution in [3.63, 3.8) is 0 Å². The number of hydrogen-bond donors (Lipinski definition) is 0. The molecule has 3 heterocycles. The average molecular weight is 348 g/mol. The van der Waals surface area contributed by atoms with E-state index in [0.29, 0.717) is 12.5 Å². The summed E-state index contributed by atoms with van der Waals surface area (Å²) in [6.45, 7) is 6.07. The lowest BCUT2D eigenvalue weighted by Gasteiger charge is -2.29. The highest BCUT2D eigenvalue weighted by atomic mass is 32.1. The summed E-state index contributed by atoms with van der Waals surface area (Å²) in [6, 6.07) is 3.32. The second-order valence-corrected chi connectivity index (χ2v) is 7.26. The number of aromatic nitrogens is 2. The van der Waals surface area contributed by atoms with Crippen molar-refractivity contribution in [3.05, 3.63) is 43.8 Å². The van der Waals surface area contributed by atoms with E-state index in [1.165, 1.54) is 17.4 Å². The fourth-order valence-corrected chi connectivity index (χ4v) is 3.72. The minimum atomic E-state index is -0.497. The van der Waals surface area contributed by atoms with Crippen molar-refractivity contribution in [1.82, 2.24) is 14.7 Å². The summed E-state index contributed by atoms with van der Waals surface area (Å²) in [5, 5.41) is 16.7. The Labute approximate surface area is 144 Å². The number of rotatable bonds is 4. The van der Waals surface area contributed by atoms with Crippen molar-refractivity contribution in [2.24, 2.45) is 5.92 Å². The van der Waals surface area contributed by atoms with Gasteiger partial charge in [-0.2, -0.15) is 4.68 Å². The Bertz CT molecular complexity index is 759. The van der Waals surface area contributed by atoms with Gasteiger partial charge in [-0.15, -0.1) is 11.3 Å². The number of nitro groups is 1. The van der Waals surface area contributed by atoms with Gasteiger partial charge in [0.05, 0.1) is 28.3 Å². The molecule has 1 saturated heterocycles. The summed E-state index contributed by atoms with van der Waals surface area (Å²) in [7, 11) is 0. The molecular weight excluding hydrogens is 328 g/mol. The molecule has 0 saturated carbocycles. The number of likely N-dealkylation sites (tertiary alicyclic amines) is 1. The Kier molecular flexibility index (Phi) is 4.66. The number of hydrogen-bond acceptors (Lipinski definition) is 5. The van der Waals surface area contributed by atoms with Gasteiger partial charge in [0.25, 0.3) is 5.91 Å². The second-order valence-electron chi connectivity index (χ2n) is 6.35. The fraction of sp³-hybridized carbons (Fsp3) is 0.500. The highest BCUT2D eigenvalue weighted by molar-refractivity contribution is 7.12. The van der Waals surface area contributed by atoms with E-state index in [-0.39, 0.29) is 11.7 Å². The molecule has 1 aliphatic rings. The zero-order valence-electron chi connectivity index (χ0n) is 13.8. The van der Waals surface area contributed by atoms with Crippen LogP contribution in [0.4, 0.5) is 5.82 Å². The molecule has 2 aromatic rings. The molecular formula is C16H20N4O3S. The number of carbonyl (C=O) groups excluding carboxylic acids is 1. The van der Waals surface area contributed by atoms with E-state index in [1.807, 2.05) is 16.3 Å². The highest BCUT2D eigenvalue weighted by Gasteiger charge is 2.23. The van der Waals surface area contributed by atoms with Gasteiger partial charge in [0.1, 0.15) is 0 Å². The summed E-state index contributed by atoms with van der Waals surface area (Å²) in [4.78, 5) is 25.5. The molecule has 24 heavy (non-hydrogen) atoms. The zero-order valence-corrected chi connectivity index (χ0v) is 14.6. The van der Waals surface area contributed by atoms with Crippen molar-refractivity contribution in [2.75, 3.05) is 13.1 Å². The first-order valence-electron chi connectivity index (χ1n) is 7.99. The van der Waals surface area contributed by atoms with E-state index in [9.17, 15) is 14.9 Å². The first kappa shape index (κ1) is 16.6. The molecule has 0 radical (unpaired) electrons. The molecule has 0 N–H and O–H groups in total. The Morgan fingerprint density at radius 2 is 2.12 bits per heavy atom. The minimum absolute atomic E-state index is 0.0846. The fourth-order valence-electron chi connectivity index (χ4n) is 2.85. The van der Waals surface area contributed by atoms with Gasteiger partial charge < -0.3 is 15.0 Å². The number of aryl methyl sites for hydroxylation is 1. The summed E-state index contributed by atoms with van der Waals surface area (Å²) >= 11 is 1.42. The van der Waals surface area contributed by atoms with Crippen LogP contribution < -0.4 is 0 Å². The summed E-state index contributed by atoms with van der Waals surface area (Å²) in [5.41, 5.74) is 1.67. The zero-order chi connectivity index (χ0) is 17.3. The Hall–Kier alpha value is -2.22. The minimum Gasteiger partial charge on any atom is -0.358 e. The Balaban J connectivity index is 1.69. The lowest BCUT2D eigenvalue weighted by atomic mass is 9.99. The molecule has 1 fully saturated rings. The van der Waals surface area contributed by atoms with Crippen LogP contribution in [0, 0.1) is 23.0 Å². The van der Waals surface area contributed by atoms with Crippen LogP contribution >= 0.6 is 11.3 Å². The topological polar surface area (TPSA) is 81.3 Å². The number of nitrogens with zero attached hydrogens (tertiary/aromatic N) is 4. The third kappa shape index (κ3) is 3.48. The number of carbonyl (C=O) groups is 1. The maximum Gasteiger partial charge on any atom is 0.390 e. The van der Waals surface area contributed by atoms with Crippen molar-refractivity contribution in [1.29, 1.82) is 0 Å². The van der Waals surface area contributed by atoms with Gasteiger partial charge in [-0.05, 0) is 47.6 Å². The van der Waals surface area contributed by atoms with Crippen LogP contribution in [0.5, 0.6) is 0 Å². The predicted octanol–water partition coefficient (Wildman–Crippen LogP) is 3.08. The van der Waals surface area contributed by atoms with Gasteiger partial charge in [-0.1, -0.05) is 6.92 Å². The molecule has 0 atom stereocenters. The van der Waals surface area contributed by atoms with Gasteiger partial charge >= 0.3 is 5.82 Å². The van der Waals surface area contributed by atoms with Gasteiger partial charge in [0.15, 0.2) is 0 Å². The van der Waals surface area contributed by atoms with Crippen molar-refractivity contribution < 1.29 is 9.72 Å². The molecule has 0 unspecified atom stereocenters. The second kappa shape index (κ2) is 6.72. The Morgan fingerprint density at radius 1 is 1.42 bits per heavy atom. The quantitative estimate of drug-likeness (QED) is 0.628. The molecule has 1 aliphatic heterocycles. The molecule has 0 aliphatic carbocycles.